The number of hydrogen-bond donors (Lipinski definition) is 1. The summed E-state index contributed by atoms with van der Waals surface area (Å²) in [4.78, 5) is 9.59. The molecule has 0 aliphatic carbocycles. The smallest absolute Gasteiger partial charge is 0.227 e. The second-order valence-electron chi connectivity index (χ2n) is 7.75. The Balaban J connectivity index is 1.94. The maximum absolute atomic E-state index is 10.7. The van der Waals surface area contributed by atoms with Crippen LogP contribution < -0.4 is 0 Å². The lowest BCUT2D eigenvalue weighted by Gasteiger charge is -2.33. The first kappa shape index (κ1) is 17.6. The fraction of sp³-hybridized carbons (Fsp3) is 0.273. The van der Waals surface area contributed by atoms with Gasteiger partial charge in [0.15, 0.2) is 5.76 Å². The van der Waals surface area contributed by atoms with Crippen LogP contribution in [-0.2, 0) is 0 Å². The fourth-order valence-corrected chi connectivity index (χ4v) is 3.55. The number of rotatable bonds is 3. The molecule has 0 saturated heterocycles. The van der Waals surface area contributed by atoms with E-state index in [1.165, 1.54) is 5.06 Å². The van der Waals surface area contributed by atoms with Gasteiger partial charge in [-0.3, -0.25) is 4.99 Å². The van der Waals surface area contributed by atoms with E-state index in [0.29, 0.717) is 23.1 Å². The zero-order valence-corrected chi connectivity index (χ0v) is 16.0. The summed E-state index contributed by atoms with van der Waals surface area (Å²) in [5.74, 6) is 1.20. The largest absolute Gasteiger partial charge is 0.435 e. The minimum Gasteiger partial charge on any atom is -0.435 e. The summed E-state index contributed by atoms with van der Waals surface area (Å²) >= 11 is 0. The maximum Gasteiger partial charge on any atom is 0.227 e. The molecule has 5 nitrogen and oxygen atoms in total. The number of benzene rings is 2. The molecule has 2 heterocycles. The van der Waals surface area contributed by atoms with Crippen molar-refractivity contribution in [3.05, 3.63) is 66.4 Å². The molecule has 5 heteroatoms. The Kier molecular flexibility index (Phi) is 4.02. The van der Waals surface area contributed by atoms with Crippen molar-refractivity contribution in [2.75, 3.05) is 0 Å². The Morgan fingerprint density at radius 3 is 1.93 bits per heavy atom. The van der Waals surface area contributed by atoms with Crippen LogP contribution in [0.1, 0.15) is 33.4 Å². The normalized spacial score (nSPS) is 18.5. The van der Waals surface area contributed by atoms with Gasteiger partial charge >= 0.3 is 0 Å². The fourth-order valence-electron chi connectivity index (χ4n) is 3.55. The molecule has 1 aromatic heterocycles. The maximum atomic E-state index is 10.7. The van der Waals surface area contributed by atoms with E-state index in [1.807, 2.05) is 88.4 Å². The third kappa shape index (κ3) is 2.89. The quantitative estimate of drug-likeness (QED) is 0.712. The Morgan fingerprint density at radius 1 is 0.852 bits per heavy atom. The highest BCUT2D eigenvalue weighted by atomic mass is 16.5. The number of aliphatic imine (C=N–C) groups is 1. The van der Waals surface area contributed by atoms with Crippen molar-refractivity contribution >= 4 is 5.71 Å². The van der Waals surface area contributed by atoms with E-state index in [-0.39, 0.29) is 0 Å². The monoisotopic (exact) mass is 361 g/mol. The third-order valence-electron chi connectivity index (χ3n) is 4.92. The minimum absolute atomic E-state index is 0.539. The van der Waals surface area contributed by atoms with Crippen LogP contribution in [0.4, 0.5) is 0 Å². The van der Waals surface area contributed by atoms with Crippen molar-refractivity contribution in [3.8, 4) is 22.8 Å². The number of hydrogen-bond acceptors (Lipinski definition) is 5. The summed E-state index contributed by atoms with van der Waals surface area (Å²) in [5, 5.41) is 11.9. The van der Waals surface area contributed by atoms with Crippen molar-refractivity contribution in [3.63, 3.8) is 0 Å². The molecule has 2 aromatic carbocycles. The molecule has 138 valence electrons. The molecule has 0 unspecified atom stereocenters. The van der Waals surface area contributed by atoms with Gasteiger partial charge in [-0.25, -0.2) is 4.98 Å². The summed E-state index contributed by atoms with van der Waals surface area (Å²) in [6.07, 6.45) is 0. The third-order valence-corrected chi connectivity index (χ3v) is 4.92. The van der Waals surface area contributed by atoms with Gasteiger partial charge in [-0.1, -0.05) is 48.5 Å². The van der Waals surface area contributed by atoms with Crippen LogP contribution in [0, 0.1) is 0 Å². The highest BCUT2D eigenvalue weighted by Crippen LogP contribution is 2.39. The van der Waals surface area contributed by atoms with Gasteiger partial charge < -0.3 is 9.62 Å². The lowest BCUT2D eigenvalue weighted by Crippen LogP contribution is -2.50. The second-order valence-corrected chi connectivity index (χ2v) is 7.75. The van der Waals surface area contributed by atoms with Gasteiger partial charge in [0, 0.05) is 11.1 Å². The first-order valence-electron chi connectivity index (χ1n) is 9.02. The van der Waals surface area contributed by atoms with Gasteiger partial charge in [0.05, 0.1) is 11.3 Å². The molecule has 0 radical (unpaired) electrons. The van der Waals surface area contributed by atoms with Gasteiger partial charge in [0.1, 0.15) is 11.4 Å². The Hall–Kier alpha value is -2.76. The van der Waals surface area contributed by atoms with Crippen molar-refractivity contribution in [2.24, 2.45) is 4.99 Å². The zero-order chi connectivity index (χ0) is 19.2. The second kappa shape index (κ2) is 6.15. The van der Waals surface area contributed by atoms with Crippen molar-refractivity contribution in [1.82, 2.24) is 10.0 Å². The summed E-state index contributed by atoms with van der Waals surface area (Å²) in [6, 6.07) is 19.7. The van der Waals surface area contributed by atoms with Crippen molar-refractivity contribution in [2.45, 2.75) is 38.9 Å². The Labute approximate surface area is 159 Å². The molecular formula is C22H23N3O2. The molecule has 0 spiro atoms. The van der Waals surface area contributed by atoms with Gasteiger partial charge in [0.2, 0.25) is 5.89 Å². The first-order chi connectivity index (χ1) is 12.8. The van der Waals surface area contributed by atoms with Gasteiger partial charge in [-0.2, -0.15) is 5.06 Å². The summed E-state index contributed by atoms with van der Waals surface area (Å²) in [5.41, 5.74) is 1.76. The van der Waals surface area contributed by atoms with E-state index in [1.54, 1.807) is 0 Å². The molecule has 3 aromatic rings. The van der Waals surface area contributed by atoms with E-state index < -0.39 is 11.2 Å². The standard InChI is InChI=1S/C22H23N3O2/c1-21(2)19(24-22(3,4)25(21)26)17-18(15-11-7-5-8-12-15)27-20(23-17)16-13-9-6-10-14-16/h5-14,26H,1-4H3. The van der Waals surface area contributed by atoms with E-state index in [0.717, 1.165) is 11.1 Å². The number of aromatic nitrogens is 1. The van der Waals surface area contributed by atoms with Crippen LogP contribution >= 0.6 is 0 Å². The van der Waals surface area contributed by atoms with Crippen molar-refractivity contribution < 1.29 is 9.62 Å². The number of nitrogens with zero attached hydrogens (tertiary/aromatic N) is 3. The molecule has 1 aliphatic heterocycles. The zero-order valence-electron chi connectivity index (χ0n) is 16.0. The topological polar surface area (TPSA) is 61.9 Å². The number of hydroxylamine groups is 2. The van der Waals surface area contributed by atoms with Crippen LogP contribution in [0.15, 0.2) is 70.1 Å². The lowest BCUT2D eigenvalue weighted by molar-refractivity contribution is -0.188. The minimum atomic E-state index is -0.737. The molecule has 0 atom stereocenters. The molecule has 1 N–H and O–H groups in total. The molecule has 0 bridgehead atoms. The Morgan fingerprint density at radius 2 is 1.41 bits per heavy atom. The average Bonchev–Trinajstić information content (AvgIpc) is 3.17. The van der Waals surface area contributed by atoms with Crippen molar-refractivity contribution in [1.29, 1.82) is 0 Å². The van der Waals surface area contributed by atoms with Crippen LogP contribution in [-0.4, -0.2) is 32.2 Å². The summed E-state index contributed by atoms with van der Waals surface area (Å²) in [6.45, 7) is 7.63. The highest BCUT2D eigenvalue weighted by molar-refractivity contribution is 6.10. The van der Waals surface area contributed by atoms with Gasteiger partial charge in [0.25, 0.3) is 0 Å². The van der Waals surface area contributed by atoms with E-state index in [4.69, 9.17) is 14.4 Å². The SMILES string of the molecule is CC1(C)N=C(c2nc(-c3ccccc3)oc2-c2ccccc2)C(C)(C)N1O. The predicted octanol–water partition coefficient (Wildman–Crippen LogP) is 5.02. The van der Waals surface area contributed by atoms with Crippen LogP contribution in [0.25, 0.3) is 22.8 Å². The van der Waals surface area contributed by atoms with E-state index in [9.17, 15) is 5.21 Å². The van der Waals surface area contributed by atoms with Gasteiger partial charge in [-0.15, -0.1) is 0 Å². The van der Waals surface area contributed by atoms with E-state index >= 15 is 0 Å². The van der Waals surface area contributed by atoms with Crippen LogP contribution in [0.2, 0.25) is 0 Å². The molecule has 1 aliphatic rings. The molecule has 0 amide bonds. The summed E-state index contributed by atoms with van der Waals surface area (Å²) in [7, 11) is 0. The lowest BCUT2D eigenvalue weighted by atomic mass is 9.94. The predicted molar refractivity (Wildman–Crippen MR) is 106 cm³/mol. The Bertz CT molecular complexity index is 989. The molecule has 0 fully saturated rings. The summed E-state index contributed by atoms with van der Waals surface area (Å²) < 4.78 is 6.20. The van der Waals surface area contributed by atoms with Crippen LogP contribution in [0.3, 0.4) is 0 Å². The highest BCUT2D eigenvalue weighted by Gasteiger charge is 2.49. The first-order valence-corrected chi connectivity index (χ1v) is 9.02. The average molecular weight is 361 g/mol. The molecular weight excluding hydrogens is 338 g/mol. The van der Waals surface area contributed by atoms with Gasteiger partial charge in [-0.05, 0) is 39.8 Å². The molecule has 4 rings (SSSR count). The molecule has 27 heavy (non-hydrogen) atoms. The number of oxazole rings is 1. The molecule has 0 saturated carbocycles. The van der Waals surface area contributed by atoms with Crippen LogP contribution in [0.5, 0.6) is 0 Å². The van der Waals surface area contributed by atoms with E-state index in [2.05, 4.69) is 0 Å².